The number of carbonyl (C=O) groups is 1. The Balaban J connectivity index is 1.96. The van der Waals surface area contributed by atoms with Crippen molar-refractivity contribution in [3.8, 4) is 0 Å². The van der Waals surface area contributed by atoms with E-state index in [0.717, 1.165) is 4.90 Å². The number of thioether (sulfide) groups is 1. The van der Waals surface area contributed by atoms with Crippen molar-refractivity contribution in [2.45, 2.75) is 10.6 Å². The van der Waals surface area contributed by atoms with Gasteiger partial charge < -0.3 is 4.52 Å². The molecule has 6 heteroatoms. The lowest BCUT2D eigenvalue weighted by Gasteiger charge is -1.97. The van der Waals surface area contributed by atoms with Crippen molar-refractivity contribution in [1.82, 2.24) is 10.1 Å². The predicted octanol–water partition coefficient (Wildman–Crippen LogP) is 2.83. The second-order valence-electron chi connectivity index (χ2n) is 2.91. The van der Waals surface area contributed by atoms with Crippen LogP contribution in [0.1, 0.15) is 16.5 Å². The highest BCUT2D eigenvalue weighted by Crippen LogP contribution is 2.22. The number of nitrogens with zero attached hydrogens (tertiary/aromatic N) is 2. The van der Waals surface area contributed by atoms with Crippen molar-refractivity contribution in [2.75, 3.05) is 0 Å². The Morgan fingerprint density at radius 1 is 1.38 bits per heavy atom. The number of aldehydes is 1. The summed E-state index contributed by atoms with van der Waals surface area (Å²) in [5, 5.41) is 4.36. The molecule has 0 amide bonds. The molecular weight excluding hydrogens is 248 g/mol. The molecule has 16 heavy (non-hydrogen) atoms. The van der Waals surface area contributed by atoms with Crippen molar-refractivity contribution in [1.29, 1.82) is 0 Å². The van der Waals surface area contributed by atoms with E-state index in [4.69, 9.17) is 11.6 Å². The highest BCUT2D eigenvalue weighted by molar-refractivity contribution is 7.98. The third-order valence-corrected chi connectivity index (χ3v) is 3.03. The molecule has 1 aromatic heterocycles. The maximum absolute atomic E-state index is 10.3. The average molecular weight is 255 g/mol. The summed E-state index contributed by atoms with van der Waals surface area (Å²) in [6.45, 7) is 0. The highest BCUT2D eigenvalue weighted by Gasteiger charge is 2.05. The molecule has 82 valence electrons. The molecule has 0 fully saturated rings. The topological polar surface area (TPSA) is 56.0 Å². The van der Waals surface area contributed by atoms with Crippen LogP contribution in [0.15, 0.2) is 33.7 Å². The molecule has 2 rings (SSSR count). The number of hydrogen-bond donors (Lipinski definition) is 0. The molecule has 0 spiro atoms. The third kappa shape index (κ3) is 2.84. The quantitative estimate of drug-likeness (QED) is 0.620. The van der Waals surface area contributed by atoms with E-state index in [1.165, 1.54) is 0 Å². The van der Waals surface area contributed by atoms with Gasteiger partial charge in [0, 0.05) is 9.92 Å². The summed E-state index contributed by atoms with van der Waals surface area (Å²) in [6, 6.07) is 7.45. The molecular formula is C10H7ClN2O2S. The number of hydrogen-bond acceptors (Lipinski definition) is 5. The van der Waals surface area contributed by atoms with Gasteiger partial charge in [0.1, 0.15) is 0 Å². The van der Waals surface area contributed by atoms with E-state index in [9.17, 15) is 4.79 Å². The van der Waals surface area contributed by atoms with Crippen LogP contribution in [0, 0.1) is 0 Å². The van der Waals surface area contributed by atoms with Crippen LogP contribution >= 0.6 is 23.4 Å². The Labute approximate surface area is 101 Å². The fourth-order valence-corrected chi connectivity index (χ4v) is 1.92. The molecule has 0 aliphatic carbocycles. The SMILES string of the molecule is O=Cc1nc(CSc2ccc(Cl)cc2)no1. The summed E-state index contributed by atoms with van der Waals surface area (Å²) >= 11 is 7.31. The van der Waals surface area contributed by atoms with Gasteiger partial charge in [-0.2, -0.15) is 4.98 Å². The summed E-state index contributed by atoms with van der Waals surface area (Å²) in [6.07, 6.45) is 0.531. The van der Waals surface area contributed by atoms with Crippen LogP contribution in [-0.4, -0.2) is 16.4 Å². The predicted molar refractivity (Wildman–Crippen MR) is 60.7 cm³/mol. The Kier molecular flexibility index (Phi) is 3.58. The Morgan fingerprint density at radius 3 is 2.75 bits per heavy atom. The standard InChI is InChI=1S/C10H7ClN2O2S/c11-7-1-3-8(4-2-7)16-6-9-12-10(5-14)15-13-9/h1-5H,6H2. The lowest BCUT2D eigenvalue weighted by Crippen LogP contribution is -1.84. The Hall–Kier alpha value is -1.33. The minimum Gasteiger partial charge on any atom is -0.331 e. The van der Waals surface area contributed by atoms with E-state index in [-0.39, 0.29) is 5.89 Å². The highest BCUT2D eigenvalue weighted by atomic mass is 35.5. The summed E-state index contributed by atoms with van der Waals surface area (Å²) < 4.78 is 4.66. The molecule has 0 atom stereocenters. The largest absolute Gasteiger partial charge is 0.331 e. The zero-order valence-corrected chi connectivity index (χ0v) is 9.66. The van der Waals surface area contributed by atoms with Crippen LogP contribution in [0.25, 0.3) is 0 Å². The van der Waals surface area contributed by atoms with Gasteiger partial charge in [-0.25, -0.2) is 0 Å². The lowest BCUT2D eigenvalue weighted by molar-refractivity contribution is 0.108. The number of benzene rings is 1. The van der Waals surface area contributed by atoms with E-state index in [1.807, 2.05) is 24.3 Å². The lowest BCUT2D eigenvalue weighted by atomic mass is 10.4. The van der Waals surface area contributed by atoms with E-state index in [1.54, 1.807) is 11.8 Å². The number of aromatic nitrogens is 2. The van der Waals surface area contributed by atoms with Crippen molar-refractivity contribution < 1.29 is 9.32 Å². The molecule has 0 aliphatic rings. The van der Waals surface area contributed by atoms with Crippen LogP contribution in [0.2, 0.25) is 5.02 Å². The second-order valence-corrected chi connectivity index (χ2v) is 4.39. The van der Waals surface area contributed by atoms with Crippen molar-refractivity contribution in [3.63, 3.8) is 0 Å². The van der Waals surface area contributed by atoms with Crippen molar-refractivity contribution in [2.24, 2.45) is 0 Å². The molecule has 0 unspecified atom stereocenters. The molecule has 0 saturated heterocycles. The van der Waals surface area contributed by atoms with Crippen LogP contribution in [0.3, 0.4) is 0 Å². The van der Waals surface area contributed by atoms with Crippen LogP contribution in [0.4, 0.5) is 0 Å². The van der Waals surface area contributed by atoms with Gasteiger partial charge in [-0.1, -0.05) is 16.8 Å². The fourth-order valence-electron chi connectivity index (χ4n) is 1.05. The summed E-state index contributed by atoms with van der Waals surface area (Å²) in [7, 11) is 0. The molecule has 0 bridgehead atoms. The molecule has 1 heterocycles. The molecule has 0 saturated carbocycles. The van der Waals surface area contributed by atoms with Gasteiger partial charge in [0.15, 0.2) is 5.82 Å². The zero-order valence-electron chi connectivity index (χ0n) is 8.09. The second kappa shape index (κ2) is 5.14. The maximum Gasteiger partial charge on any atom is 0.290 e. The monoisotopic (exact) mass is 254 g/mol. The van der Waals surface area contributed by atoms with E-state index in [0.29, 0.717) is 22.9 Å². The van der Waals surface area contributed by atoms with Crippen molar-refractivity contribution >= 4 is 29.6 Å². The van der Waals surface area contributed by atoms with E-state index < -0.39 is 0 Å². The van der Waals surface area contributed by atoms with Crippen LogP contribution in [-0.2, 0) is 5.75 Å². The van der Waals surface area contributed by atoms with Gasteiger partial charge in [-0.3, -0.25) is 4.79 Å². The molecule has 0 N–H and O–H groups in total. The first kappa shape index (κ1) is 11.2. The molecule has 1 aromatic carbocycles. The minimum atomic E-state index is 0.00621. The van der Waals surface area contributed by atoms with Crippen molar-refractivity contribution in [3.05, 3.63) is 41.0 Å². The number of rotatable bonds is 4. The van der Waals surface area contributed by atoms with Crippen LogP contribution in [0.5, 0.6) is 0 Å². The van der Waals surface area contributed by atoms with Gasteiger partial charge in [-0.05, 0) is 24.3 Å². The van der Waals surface area contributed by atoms with Gasteiger partial charge in [0.25, 0.3) is 5.89 Å². The van der Waals surface area contributed by atoms with Gasteiger partial charge >= 0.3 is 0 Å². The first-order chi connectivity index (χ1) is 7.78. The van der Waals surface area contributed by atoms with Gasteiger partial charge in [0.05, 0.1) is 5.75 Å². The molecule has 0 aliphatic heterocycles. The van der Waals surface area contributed by atoms with E-state index in [2.05, 4.69) is 14.7 Å². The minimum absolute atomic E-state index is 0.00621. The van der Waals surface area contributed by atoms with Gasteiger partial charge in [0.2, 0.25) is 6.29 Å². The third-order valence-electron chi connectivity index (χ3n) is 1.77. The first-order valence-electron chi connectivity index (χ1n) is 4.44. The fraction of sp³-hybridized carbons (Fsp3) is 0.100. The molecule has 0 radical (unpaired) electrons. The smallest absolute Gasteiger partial charge is 0.290 e. The van der Waals surface area contributed by atoms with E-state index >= 15 is 0 Å². The first-order valence-corrected chi connectivity index (χ1v) is 5.80. The number of halogens is 1. The summed E-state index contributed by atoms with van der Waals surface area (Å²) in [5.41, 5.74) is 0. The Morgan fingerprint density at radius 2 is 2.12 bits per heavy atom. The normalized spacial score (nSPS) is 10.3. The summed E-state index contributed by atoms with van der Waals surface area (Å²) in [5.74, 6) is 1.06. The van der Waals surface area contributed by atoms with Gasteiger partial charge in [-0.15, -0.1) is 11.8 Å². The maximum atomic E-state index is 10.3. The molecule has 2 aromatic rings. The summed E-state index contributed by atoms with van der Waals surface area (Å²) in [4.78, 5) is 15.2. The number of carbonyl (C=O) groups excluding carboxylic acids is 1. The average Bonchev–Trinajstić information content (AvgIpc) is 2.76. The zero-order chi connectivity index (χ0) is 11.4. The molecule has 4 nitrogen and oxygen atoms in total. The van der Waals surface area contributed by atoms with Crippen LogP contribution < -0.4 is 0 Å². The Bertz CT molecular complexity index is 484.